The first-order valence-electron chi connectivity index (χ1n) is 8.04. The number of hydrogen-bond donors (Lipinski definition) is 1. The molecule has 0 spiro atoms. The van der Waals surface area contributed by atoms with Gasteiger partial charge in [0.1, 0.15) is 0 Å². The van der Waals surface area contributed by atoms with Crippen molar-refractivity contribution in [3.8, 4) is 0 Å². The topological polar surface area (TPSA) is 52.3 Å². The van der Waals surface area contributed by atoms with E-state index in [0.717, 1.165) is 19.3 Å². The Morgan fingerprint density at radius 1 is 1.00 bits per heavy atom. The normalized spacial score (nSPS) is 14.1. The molecular weight excluding hydrogens is 238 g/mol. The highest BCUT2D eigenvalue weighted by molar-refractivity contribution is 5.77. The second kappa shape index (κ2) is 11.3. The van der Waals surface area contributed by atoms with Crippen LogP contribution in [0, 0.1) is 5.41 Å². The largest absolute Gasteiger partial charge is 0.466 e. The molecule has 0 radical (unpaired) electrons. The van der Waals surface area contributed by atoms with E-state index in [1.54, 1.807) is 0 Å². The van der Waals surface area contributed by atoms with Crippen LogP contribution in [0.1, 0.15) is 78.6 Å². The zero-order valence-electron chi connectivity index (χ0n) is 13.2. The standard InChI is InChI=1S/C16H33NO2/c1-4-7-8-9-10-11-12-13-16(5-2,14-17)15(18)19-6-3/h4-14,17H2,1-3H3. The van der Waals surface area contributed by atoms with E-state index in [4.69, 9.17) is 10.5 Å². The molecule has 0 rings (SSSR count). The van der Waals surface area contributed by atoms with Crippen molar-refractivity contribution in [3.05, 3.63) is 0 Å². The van der Waals surface area contributed by atoms with Crippen molar-refractivity contribution >= 4 is 5.97 Å². The molecule has 0 amide bonds. The Bertz CT molecular complexity index is 225. The van der Waals surface area contributed by atoms with Gasteiger partial charge in [-0.25, -0.2) is 0 Å². The minimum atomic E-state index is -0.445. The van der Waals surface area contributed by atoms with Gasteiger partial charge in [0.05, 0.1) is 12.0 Å². The Hall–Kier alpha value is -0.570. The number of nitrogens with two attached hydrogens (primary N) is 1. The van der Waals surface area contributed by atoms with E-state index >= 15 is 0 Å². The van der Waals surface area contributed by atoms with E-state index in [9.17, 15) is 4.79 Å². The number of ether oxygens (including phenoxy) is 1. The summed E-state index contributed by atoms with van der Waals surface area (Å²) < 4.78 is 5.18. The summed E-state index contributed by atoms with van der Waals surface area (Å²) >= 11 is 0. The molecule has 0 fully saturated rings. The predicted molar refractivity (Wildman–Crippen MR) is 81.0 cm³/mol. The number of rotatable bonds is 12. The van der Waals surface area contributed by atoms with Crippen LogP contribution < -0.4 is 5.73 Å². The molecule has 0 bridgehead atoms. The number of esters is 1. The van der Waals surface area contributed by atoms with Gasteiger partial charge in [-0.05, 0) is 19.8 Å². The Labute approximate surface area is 119 Å². The van der Waals surface area contributed by atoms with Gasteiger partial charge < -0.3 is 10.5 Å². The summed E-state index contributed by atoms with van der Waals surface area (Å²) in [6.07, 6.45) is 10.5. The van der Waals surface area contributed by atoms with Gasteiger partial charge in [-0.1, -0.05) is 58.8 Å². The Morgan fingerprint density at radius 3 is 2.05 bits per heavy atom. The SMILES string of the molecule is CCCCCCCCCC(CC)(CN)C(=O)OCC. The molecule has 0 aromatic carbocycles. The van der Waals surface area contributed by atoms with Gasteiger partial charge in [0.25, 0.3) is 0 Å². The summed E-state index contributed by atoms with van der Waals surface area (Å²) in [5, 5.41) is 0. The maximum Gasteiger partial charge on any atom is 0.313 e. The maximum atomic E-state index is 12.0. The second-order valence-electron chi connectivity index (χ2n) is 5.43. The lowest BCUT2D eigenvalue weighted by atomic mass is 9.80. The summed E-state index contributed by atoms with van der Waals surface area (Å²) in [5.41, 5.74) is 5.38. The van der Waals surface area contributed by atoms with E-state index < -0.39 is 5.41 Å². The van der Waals surface area contributed by atoms with Crippen LogP contribution in [0.3, 0.4) is 0 Å². The summed E-state index contributed by atoms with van der Waals surface area (Å²) in [6.45, 7) is 6.96. The highest BCUT2D eigenvalue weighted by Gasteiger charge is 2.36. The Morgan fingerprint density at radius 2 is 1.58 bits per heavy atom. The predicted octanol–water partition coefficient (Wildman–Crippen LogP) is 4.05. The molecule has 3 heteroatoms. The van der Waals surface area contributed by atoms with Crippen LogP contribution in [-0.4, -0.2) is 19.1 Å². The molecule has 3 nitrogen and oxygen atoms in total. The molecule has 0 aliphatic rings. The van der Waals surface area contributed by atoms with Crippen molar-refractivity contribution in [1.82, 2.24) is 0 Å². The molecule has 1 atom stereocenters. The van der Waals surface area contributed by atoms with Crippen LogP contribution in [0.15, 0.2) is 0 Å². The first-order valence-corrected chi connectivity index (χ1v) is 8.04. The van der Waals surface area contributed by atoms with Crippen molar-refractivity contribution < 1.29 is 9.53 Å². The molecule has 0 saturated heterocycles. The first-order chi connectivity index (χ1) is 9.16. The van der Waals surface area contributed by atoms with E-state index in [-0.39, 0.29) is 5.97 Å². The van der Waals surface area contributed by atoms with Gasteiger partial charge in [-0.2, -0.15) is 0 Å². The fourth-order valence-corrected chi connectivity index (χ4v) is 2.46. The van der Waals surface area contributed by atoms with Gasteiger partial charge in [0.15, 0.2) is 0 Å². The molecule has 19 heavy (non-hydrogen) atoms. The number of carbonyl (C=O) groups excluding carboxylic acids is 1. The fourth-order valence-electron chi connectivity index (χ4n) is 2.46. The molecule has 2 N–H and O–H groups in total. The zero-order valence-corrected chi connectivity index (χ0v) is 13.2. The third-order valence-electron chi connectivity index (χ3n) is 4.03. The Balaban J connectivity index is 3.97. The van der Waals surface area contributed by atoms with Crippen LogP contribution in [-0.2, 0) is 9.53 Å². The summed E-state index contributed by atoms with van der Waals surface area (Å²) in [7, 11) is 0. The van der Waals surface area contributed by atoms with E-state index in [1.807, 2.05) is 13.8 Å². The van der Waals surface area contributed by atoms with E-state index in [2.05, 4.69) is 6.92 Å². The second-order valence-corrected chi connectivity index (χ2v) is 5.43. The molecule has 0 aromatic rings. The van der Waals surface area contributed by atoms with Gasteiger partial charge in [-0.15, -0.1) is 0 Å². The number of hydrogen-bond acceptors (Lipinski definition) is 3. The molecule has 114 valence electrons. The van der Waals surface area contributed by atoms with Gasteiger partial charge in [-0.3, -0.25) is 4.79 Å². The molecule has 1 unspecified atom stereocenters. The first kappa shape index (κ1) is 18.4. The van der Waals surface area contributed by atoms with Crippen molar-refractivity contribution in [2.45, 2.75) is 78.6 Å². The average Bonchev–Trinajstić information content (AvgIpc) is 2.43. The molecule has 0 aliphatic carbocycles. The van der Waals surface area contributed by atoms with Gasteiger partial charge in [0.2, 0.25) is 0 Å². The zero-order chi connectivity index (χ0) is 14.6. The lowest BCUT2D eigenvalue weighted by Gasteiger charge is -2.28. The minimum Gasteiger partial charge on any atom is -0.466 e. The van der Waals surface area contributed by atoms with Crippen molar-refractivity contribution in [3.63, 3.8) is 0 Å². The third kappa shape index (κ3) is 6.95. The van der Waals surface area contributed by atoms with Crippen LogP contribution in [0.25, 0.3) is 0 Å². The van der Waals surface area contributed by atoms with Gasteiger partial charge in [0, 0.05) is 6.54 Å². The van der Waals surface area contributed by atoms with E-state index in [0.29, 0.717) is 13.2 Å². The maximum absolute atomic E-state index is 12.0. The lowest BCUT2D eigenvalue weighted by Crippen LogP contribution is -2.39. The monoisotopic (exact) mass is 271 g/mol. The quantitative estimate of drug-likeness (QED) is 0.430. The average molecular weight is 271 g/mol. The minimum absolute atomic E-state index is 0.106. The molecule has 0 aliphatic heterocycles. The summed E-state index contributed by atoms with van der Waals surface area (Å²) in [4.78, 5) is 12.0. The molecular formula is C16H33NO2. The molecule has 0 saturated carbocycles. The summed E-state index contributed by atoms with van der Waals surface area (Å²) in [5.74, 6) is -0.106. The number of unbranched alkanes of at least 4 members (excludes halogenated alkanes) is 6. The lowest BCUT2D eigenvalue weighted by molar-refractivity contribution is -0.155. The van der Waals surface area contributed by atoms with Crippen LogP contribution in [0.4, 0.5) is 0 Å². The molecule has 0 heterocycles. The smallest absolute Gasteiger partial charge is 0.313 e. The van der Waals surface area contributed by atoms with Crippen molar-refractivity contribution in [2.75, 3.05) is 13.2 Å². The number of carbonyl (C=O) groups is 1. The van der Waals surface area contributed by atoms with Crippen molar-refractivity contribution in [2.24, 2.45) is 11.1 Å². The Kier molecular flexibility index (Phi) is 10.9. The third-order valence-corrected chi connectivity index (χ3v) is 4.03. The summed E-state index contributed by atoms with van der Waals surface area (Å²) in [6, 6.07) is 0. The van der Waals surface area contributed by atoms with Crippen LogP contribution in [0.2, 0.25) is 0 Å². The van der Waals surface area contributed by atoms with Gasteiger partial charge >= 0.3 is 5.97 Å². The fraction of sp³-hybridized carbons (Fsp3) is 0.938. The van der Waals surface area contributed by atoms with Crippen molar-refractivity contribution in [1.29, 1.82) is 0 Å². The highest BCUT2D eigenvalue weighted by Crippen LogP contribution is 2.30. The van der Waals surface area contributed by atoms with E-state index in [1.165, 1.54) is 38.5 Å². The highest BCUT2D eigenvalue weighted by atomic mass is 16.5. The van der Waals surface area contributed by atoms with Crippen LogP contribution >= 0.6 is 0 Å². The molecule has 0 aromatic heterocycles. The van der Waals surface area contributed by atoms with Crippen LogP contribution in [0.5, 0.6) is 0 Å².